The van der Waals surface area contributed by atoms with Crippen LogP contribution in [0.25, 0.3) is 0 Å². The molecule has 3 heterocycles. The average molecular weight is 556 g/mol. The summed E-state index contributed by atoms with van der Waals surface area (Å²) >= 11 is 0. The number of aliphatic hydroxyl groups is 1. The Morgan fingerprint density at radius 3 is 2.30 bits per heavy atom. The van der Waals surface area contributed by atoms with Crippen molar-refractivity contribution in [3.05, 3.63) is 70.7 Å². The van der Waals surface area contributed by atoms with Crippen LogP contribution in [-0.4, -0.2) is 83.6 Å². The highest BCUT2D eigenvalue weighted by Gasteiger charge is 2.49. The molecule has 11 heteroatoms. The van der Waals surface area contributed by atoms with Gasteiger partial charge in [0.25, 0.3) is 5.79 Å². The molecule has 2 aromatic carbocycles. The molecule has 1 fully saturated rings. The SMILES string of the molecule is COc1cc(CC2=C(C3=COCO3)C(=O)OC2(O)c2ccc(OCCN3CCOCC3)cc2)cc(OC)c1OC. The molecule has 214 valence electrons. The largest absolute Gasteiger partial charge is 0.493 e. The number of nitrogens with zero attached hydrogens (tertiary/aromatic N) is 1. The molecular formula is C29H33NO10. The van der Waals surface area contributed by atoms with E-state index in [0.29, 0.717) is 40.7 Å². The van der Waals surface area contributed by atoms with Crippen LogP contribution in [0, 0.1) is 0 Å². The number of esters is 1. The molecule has 1 unspecified atom stereocenters. The van der Waals surface area contributed by atoms with Crippen LogP contribution in [0.1, 0.15) is 11.1 Å². The number of cyclic esters (lactones) is 1. The molecule has 1 atom stereocenters. The van der Waals surface area contributed by atoms with E-state index in [-0.39, 0.29) is 30.1 Å². The van der Waals surface area contributed by atoms with Crippen molar-refractivity contribution < 1.29 is 47.8 Å². The fourth-order valence-corrected chi connectivity index (χ4v) is 4.94. The predicted molar refractivity (Wildman–Crippen MR) is 141 cm³/mol. The molecule has 0 spiro atoms. The van der Waals surface area contributed by atoms with E-state index < -0.39 is 11.8 Å². The van der Waals surface area contributed by atoms with Gasteiger partial charge in [0.1, 0.15) is 24.2 Å². The van der Waals surface area contributed by atoms with Crippen molar-refractivity contribution >= 4 is 5.97 Å². The molecule has 2 aromatic rings. The zero-order valence-electron chi connectivity index (χ0n) is 22.8. The molecule has 3 aliphatic heterocycles. The van der Waals surface area contributed by atoms with Crippen LogP contribution in [0.5, 0.6) is 23.0 Å². The predicted octanol–water partition coefficient (Wildman–Crippen LogP) is 2.51. The summed E-state index contributed by atoms with van der Waals surface area (Å²) in [4.78, 5) is 15.4. The van der Waals surface area contributed by atoms with E-state index in [1.807, 2.05) is 0 Å². The van der Waals surface area contributed by atoms with Gasteiger partial charge < -0.3 is 43.0 Å². The minimum absolute atomic E-state index is 0.0432. The van der Waals surface area contributed by atoms with Crippen LogP contribution in [-0.2, 0) is 35.9 Å². The molecule has 5 rings (SSSR count). The van der Waals surface area contributed by atoms with Crippen molar-refractivity contribution in [2.24, 2.45) is 0 Å². The molecule has 40 heavy (non-hydrogen) atoms. The first kappa shape index (κ1) is 27.6. The maximum absolute atomic E-state index is 13.1. The summed E-state index contributed by atoms with van der Waals surface area (Å²) in [6, 6.07) is 10.3. The van der Waals surface area contributed by atoms with Gasteiger partial charge in [-0.3, -0.25) is 4.90 Å². The van der Waals surface area contributed by atoms with Gasteiger partial charge in [-0.1, -0.05) is 0 Å². The normalized spacial score (nSPS) is 20.9. The molecule has 1 saturated heterocycles. The van der Waals surface area contributed by atoms with Crippen LogP contribution in [0.2, 0.25) is 0 Å². The van der Waals surface area contributed by atoms with Gasteiger partial charge in [0.2, 0.25) is 12.5 Å². The Bertz CT molecular complexity index is 1260. The molecule has 0 bridgehead atoms. The smallest absolute Gasteiger partial charge is 0.345 e. The third-order valence-electron chi connectivity index (χ3n) is 7.01. The van der Waals surface area contributed by atoms with Crippen molar-refractivity contribution in [2.45, 2.75) is 12.2 Å². The van der Waals surface area contributed by atoms with E-state index in [4.69, 9.17) is 37.9 Å². The minimum Gasteiger partial charge on any atom is -0.493 e. The Morgan fingerprint density at radius 1 is 1.00 bits per heavy atom. The zero-order valence-corrected chi connectivity index (χ0v) is 22.8. The van der Waals surface area contributed by atoms with Gasteiger partial charge in [-0.15, -0.1) is 0 Å². The zero-order chi connectivity index (χ0) is 28.1. The summed E-state index contributed by atoms with van der Waals surface area (Å²) in [6.07, 6.45) is 1.44. The first-order chi connectivity index (χ1) is 19.5. The van der Waals surface area contributed by atoms with Gasteiger partial charge >= 0.3 is 5.97 Å². The standard InChI is InChI=1S/C29H33NO10/c1-33-23-15-19(16-24(34-2)27(23)35-3)14-22-26(25-17-37-18-39-25)28(31)40-29(22,32)20-4-6-21(7-5-20)38-13-10-30-8-11-36-12-9-30/h4-7,15-17,32H,8-14,18H2,1-3H3. The summed E-state index contributed by atoms with van der Waals surface area (Å²) < 4.78 is 44.0. The van der Waals surface area contributed by atoms with Gasteiger partial charge in [0.15, 0.2) is 17.3 Å². The van der Waals surface area contributed by atoms with Gasteiger partial charge in [0, 0.05) is 37.2 Å². The number of carbonyl (C=O) groups excluding carboxylic acids is 1. The summed E-state index contributed by atoms with van der Waals surface area (Å²) in [7, 11) is 4.55. The van der Waals surface area contributed by atoms with Gasteiger partial charge in [0.05, 0.1) is 34.5 Å². The molecule has 1 N–H and O–H groups in total. The van der Waals surface area contributed by atoms with Gasteiger partial charge in [-0.05, 0) is 42.0 Å². The number of carbonyl (C=O) groups is 1. The van der Waals surface area contributed by atoms with E-state index in [1.54, 1.807) is 36.4 Å². The van der Waals surface area contributed by atoms with Crippen molar-refractivity contribution in [3.63, 3.8) is 0 Å². The molecule has 0 saturated carbocycles. The van der Waals surface area contributed by atoms with E-state index in [2.05, 4.69) is 4.90 Å². The summed E-state index contributed by atoms with van der Waals surface area (Å²) in [6.45, 7) is 4.49. The maximum Gasteiger partial charge on any atom is 0.345 e. The maximum atomic E-state index is 13.1. The fourth-order valence-electron chi connectivity index (χ4n) is 4.94. The van der Waals surface area contributed by atoms with E-state index >= 15 is 0 Å². The lowest BCUT2D eigenvalue weighted by atomic mass is 9.89. The quantitative estimate of drug-likeness (QED) is 0.413. The third-order valence-corrected chi connectivity index (χ3v) is 7.01. The Kier molecular flexibility index (Phi) is 8.34. The second kappa shape index (κ2) is 12.1. The molecule has 11 nitrogen and oxygen atoms in total. The highest BCUT2D eigenvalue weighted by atomic mass is 16.7. The van der Waals surface area contributed by atoms with Crippen LogP contribution in [0.3, 0.4) is 0 Å². The lowest BCUT2D eigenvalue weighted by molar-refractivity contribution is -0.186. The summed E-state index contributed by atoms with van der Waals surface area (Å²) in [5, 5.41) is 11.9. The Hall–Kier alpha value is -3.93. The molecule has 0 aromatic heterocycles. The number of benzene rings is 2. The minimum atomic E-state index is -2.06. The molecule has 0 radical (unpaired) electrons. The monoisotopic (exact) mass is 555 g/mol. The van der Waals surface area contributed by atoms with E-state index in [0.717, 1.165) is 32.8 Å². The lowest BCUT2D eigenvalue weighted by Gasteiger charge is -2.27. The molecule has 0 aliphatic carbocycles. The number of rotatable bonds is 11. The number of morpholine rings is 1. The Morgan fingerprint density at radius 2 is 1.70 bits per heavy atom. The van der Waals surface area contributed by atoms with Crippen molar-refractivity contribution in [1.29, 1.82) is 0 Å². The number of hydrogen-bond acceptors (Lipinski definition) is 11. The van der Waals surface area contributed by atoms with Crippen molar-refractivity contribution in [1.82, 2.24) is 4.90 Å². The highest BCUT2D eigenvalue weighted by Crippen LogP contribution is 2.46. The Balaban J connectivity index is 1.43. The Labute approximate surface area is 232 Å². The molecular weight excluding hydrogens is 522 g/mol. The topological polar surface area (TPSA) is 114 Å². The number of hydrogen-bond donors (Lipinski definition) is 1. The van der Waals surface area contributed by atoms with Crippen molar-refractivity contribution in [3.8, 4) is 23.0 Å². The van der Waals surface area contributed by atoms with E-state index in [1.165, 1.54) is 27.6 Å². The van der Waals surface area contributed by atoms with Crippen molar-refractivity contribution in [2.75, 3.05) is 67.6 Å². The average Bonchev–Trinajstić information content (AvgIpc) is 3.59. The second-order valence-electron chi connectivity index (χ2n) is 9.34. The molecule has 0 amide bonds. The summed E-state index contributed by atoms with van der Waals surface area (Å²) in [5.41, 5.74) is 1.42. The lowest BCUT2D eigenvalue weighted by Crippen LogP contribution is -2.38. The van der Waals surface area contributed by atoms with Crippen LogP contribution < -0.4 is 18.9 Å². The van der Waals surface area contributed by atoms with Gasteiger partial charge in [-0.2, -0.15) is 0 Å². The first-order valence-corrected chi connectivity index (χ1v) is 12.9. The van der Waals surface area contributed by atoms with Gasteiger partial charge in [-0.25, -0.2) is 4.79 Å². The highest BCUT2D eigenvalue weighted by molar-refractivity contribution is 5.97. The third kappa shape index (κ3) is 5.53. The second-order valence-corrected chi connectivity index (χ2v) is 9.34. The summed E-state index contributed by atoms with van der Waals surface area (Å²) in [5.74, 6) is -0.672. The van der Waals surface area contributed by atoms with E-state index in [9.17, 15) is 9.90 Å². The first-order valence-electron chi connectivity index (χ1n) is 12.9. The van der Waals surface area contributed by atoms with Crippen LogP contribution >= 0.6 is 0 Å². The fraction of sp³-hybridized carbons (Fsp3) is 0.414. The van der Waals surface area contributed by atoms with Crippen LogP contribution in [0.15, 0.2) is 59.6 Å². The number of methoxy groups -OCH3 is 3. The number of ether oxygens (including phenoxy) is 8. The van der Waals surface area contributed by atoms with Crippen LogP contribution in [0.4, 0.5) is 0 Å². The molecule has 3 aliphatic rings.